The van der Waals surface area contributed by atoms with Gasteiger partial charge in [-0.05, 0) is 43.5 Å². The van der Waals surface area contributed by atoms with Gasteiger partial charge in [-0.2, -0.15) is 9.57 Å². The molecule has 2 aromatic rings. The molecule has 0 radical (unpaired) electrons. The Balaban J connectivity index is 1.57. The fourth-order valence-electron chi connectivity index (χ4n) is 3.61. The van der Waals surface area contributed by atoms with E-state index in [1.165, 1.54) is 10.4 Å². The minimum atomic E-state index is -3.62. The van der Waals surface area contributed by atoms with Crippen molar-refractivity contribution in [2.24, 2.45) is 0 Å². The van der Waals surface area contributed by atoms with E-state index in [4.69, 9.17) is 5.26 Å². The highest BCUT2D eigenvalue weighted by Crippen LogP contribution is 2.26. The van der Waals surface area contributed by atoms with Crippen LogP contribution in [0.1, 0.15) is 31.2 Å². The summed E-state index contributed by atoms with van der Waals surface area (Å²) in [4.78, 5) is 24.5. The molecule has 1 heterocycles. The Hall–Kier alpha value is -3.22. The third-order valence-electron chi connectivity index (χ3n) is 5.19. The van der Waals surface area contributed by atoms with Gasteiger partial charge in [0.1, 0.15) is 6.07 Å². The van der Waals surface area contributed by atoms with Crippen molar-refractivity contribution in [3.8, 4) is 6.07 Å². The molecule has 31 heavy (non-hydrogen) atoms. The third kappa shape index (κ3) is 5.48. The Labute approximate surface area is 181 Å². The molecule has 2 amide bonds. The minimum Gasteiger partial charge on any atom is -0.348 e. The fraction of sp³-hybridized carbons (Fsp3) is 0.318. The summed E-state index contributed by atoms with van der Waals surface area (Å²) in [5.41, 5.74) is 0.519. The van der Waals surface area contributed by atoms with Gasteiger partial charge < -0.3 is 10.6 Å². The number of nitriles is 1. The number of sulfonamides is 1. The number of rotatable bonds is 6. The molecular weight excluding hydrogens is 416 g/mol. The lowest BCUT2D eigenvalue weighted by Gasteiger charge is -2.34. The van der Waals surface area contributed by atoms with E-state index in [1.807, 2.05) is 6.07 Å². The highest BCUT2D eigenvalue weighted by Gasteiger charge is 2.33. The van der Waals surface area contributed by atoms with Crippen LogP contribution < -0.4 is 10.6 Å². The monoisotopic (exact) mass is 440 g/mol. The number of hydrogen-bond donors (Lipinski definition) is 2. The first-order chi connectivity index (χ1) is 14.9. The van der Waals surface area contributed by atoms with Crippen LogP contribution in [0.15, 0.2) is 59.5 Å². The number of carbonyl (C=O) groups is 2. The number of nitrogens with zero attached hydrogens (tertiary/aromatic N) is 2. The van der Waals surface area contributed by atoms with E-state index in [2.05, 4.69) is 10.6 Å². The summed E-state index contributed by atoms with van der Waals surface area (Å²) in [7, 11) is -3.62. The third-order valence-corrected chi connectivity index (χ3v) is 7.15. The SMILES string of the molecule is N#Cc1ccccc1NC(=O)C(=O)NCCC1CCCCN1S(=O)(=O)c1ccccc1. The molecule has 9 heteroatoms. The van der Waals surface area contributed by atoms with Crippen LogP contribution in [0.2, 0.25) is 0 Å². The minimum absolute atomic E-state index is 0.164. The first kappa shape index (κ1) is 22.5. The molecule has 3 rings (SSSR count). The molecule has 0 aliphatic carbocycles. The van der Waals surface area contributed by atoms with Crippen molar-refractivity contribution in [1.82, 2.24) is 9.62 Å². The number of carbonyl (C=O) groups excluding carboxylic acids is 2. The number of nitrogens with one attached hydrogen (secondary N) is 2. The van der Waals surface area contributed by atoms with Crippen LogP contribution in [-0.2, 0) is 19.6 Å². The van der Waals surface area contributed by atoms with Gasteiger partial charge in [0.15, 0.2) is 0 Å². The highest BCUT2D eigenvalue weighted by molar-refractivity contribution is 7.89. The number of piperidine rings is 1. The van der Waals surface area contributed by atoms with Crippen LogP contribution in [-0.4, -0.2) is 43.7 Å². The average Bonchev–Trinajstić information content (AvgIpc) is 2.80. The van der Waals surface area contributed by atoms with E-state index < -0.39 is 21.8 Å². The van der Waals surface area contributed by atoms with Crippen LogP contribution in [0.5, 0.6) is 0 Å². The maximum atomic E-state index is 13.0. The van der Waals surface area contributed by atoms with Crippen molar-refractivity contribution in [3.63, 3.8) is 0 Å². The molecule has 1 saturated heterocycles. The maximum absolute atomic E-state index is 13.0. The molecule has 8 nitrogen and oxygen atoms in total. The molecule has 1 unspecified atom stereocenters. The molecule has 0 saturated carbocycles. The van der Waals surface area contributed by atoms with Gasteiger partial charge >= 0.3 is 11.8 Å². The van der Waals surface area contributed by atoms with Crippen molar-refractivity contribution in [3.05, 3.63) is 60.2 Å². The van der Waals surface area contributed by atoms with E-state index in [1.54, 1.807) is 48.5 Å². The largest absolute Gasteiger partial charge is 0.348 e. The molecule has 1 fully saturated rings. The lowest BCUT2D eigenvalue weighted by molar-refractivity contribution is -0.136. The molecular formula is C22H24N4O4S. The van der Waals surface area contributed by atoms with Gasteiger partial charge in [-0.3, -0.25) is 9.59 Å². The summed E-state index contributed by atoms with van der Waals surface area (Å²) in [5.74, 6) is -1.71. The summed E-state index contributed by atoms with van der Waals surface area (Å²) in [5, 5.41) is 14.0. The molecule has 2 N–H and O–H groups in total. The normalized spacial score (nSPS) is 16.8. The van der Waals surface area contributed by atoms with E-state index in [9.17, 15) is 18.0 Å². The molecule has 1 aliphatic rings. The van der Waals surface area contributed by atoms with Crippen LogP contribution >= 0.6 is 0 Å². The second-order valence-electron chi connectivity index (χ2n) is 7.23. The van der Waals surface area contributed by atoms with Crippen LogP contribution in [0.3, 0.4) is 0 Å². The van der Waals surface area contributed by atoms with E-state index in [0.29, 0.717) is 19.4 Å². The molecule has 0 bridgehead atoms. The quantitative estimate of drug-likeness (QED) is 0.668. The number of hydrogen-bond acceptors (Lipinski definition) is 5. The van der Waals surface area contributed by atoms with Crippen LogP contribution in [0, 0.1) is 11.3 Å². The Morgan fingerprint density at radius 3 is 2.48 bits per heavy atom. The predicted octanol–water partition coefficient (Wildman–Crippen LogP) is 2.25. The van der Waals surface area contributed by atoms with Gasteiger partial charge in [0.2, 0.25) is 10.0 Å². The zero-order valence-electron chi connectivity index (χ0n) is 17.0. The van der Waals surface area contributed by atoms with Gasteiger partial charge in [0.05, 0.1) is 16.1 Å². The number of para-hydroxylation sites is 1. The zero-order chi connectivity index (χ0) is 22.3. The standard InChI is InChI=1S/C22H24N4O4S/c23-16-17-8-4-5-12-20(17)25-22(28)21(27)24-14-13-18-9-6-7-15-26(18)31(29,30)19-10-2-1-3-11-19/h1-5,8,10-12,18H,6-7,9,13-15H2,(H,24,27)(H,25,28). The Kier molecular flexibility index (Phi) is 7.39. The van der Waals surface area contributed by atoms with Crippen molar-refractivity contribution in [2.75, 3.05) is 18.4 Å². The van der Waals surface area contributed by atoms with Gasteiger partial charge in [-0.25, -0.2) is 8.42 Å². The number of anilines is 1. The summed E-state index contributed by atoms with van der Waals surface area (Å²) in [6, 6.07) is 16.4. The molecule has 162 valence electrons. The summed E-state index contributed by atoms with van der Waals surface area (Å²) in [6.45, 7) is 0.596. The van der Waals surface area contributed by atoms with Gasteiger partial charge in [-0.15, -0.1) is 0 Å². The van der Waals surface area contributed by atoms with Gasteiger partial charge in [0, 0.05) is 19.1 Å². The second-order valence-corrected chi connectivity index (χ2v) is 9.13. The molecule has 1 atom stereocenters. The molecule has 0 spiro atoms. The van der Waals surface area contributed by atoms with E-state index in [-0.39, 0.29) is 28.7 Å². The lowest BCUT2D eigenvalue weighted by Crippen LogP contribution is -2.45. The fourth-order valence-corrected chi connectivity index (χ4v) is 5.35. The highest BCUT2D eigenvalue weighted by atomic mass is 32.2. The van der Waals surface area contributed by atoms with E-state index >= 15 is 0 Å². The van der Waals surface area contributed by atoms with Gasteiger partial charge in [-0.1, -0.05) is 36.8 Å². The predicted molar refractivity (Wildman–Crippen MR) is 115 cm³/mol. The van der Waals surface area contributed by atoms with Crippen LogP contribution in [0.25, 0.3) is 0 Å². The molecule has 0 aromatic heterocycles. The number of benzene rings is 2. The number of amides is 2. The van der Waals surface area contributed by atoms with Crippen molar-refractivity contribution in [2.45, 2.75) is 36.6 Å². The maximum Gasteiger partial charge on any atom is 0.313 e. The molecule has 1 aliphatic heterocycles. The second kappa shape index (κ2) is 10.2. The lowest BCUT2D eigenvalue weighted by atomic mass is 10.0. The Morgan fingerprint density at radius 2 is 1.74 bits per heavy atom. The first-order valence-electron chi connectivity index (χ1n) is 10.1. The smallest absolute Gasteiger partial charge is 0.313 e. The van der Waals surface area contributed by atoms with Crippen molar-refractivity contribution >= 4 is 27.5 Å². The molecule has 2 aromatic carbocycles. The van der Waals surface area contributed by atoms with E-state index in [0.717, 1.165) is 12.8 Å². The summed E-state index contributed by atoms with van der Waals surface area (Å²) < 4.78 is 27.5. The topological polar surface area (TPSA) is 119 Å². The summed E-state index contributed by atoms with van der Waals surface area (Å²) >= 11 is 0. The Bertz CT molecular complexity index is 1080. The zero-order valence-corrected chi connectivity index (χ0v) is 17.8. The van der Waals surface area contributed by atoms with Crippen molar-refractivity contribution < 1.29 is 18.0 Å². The first-order valence-corrected chi connectivity index (χ1v) is 11.5. The van der Waals surface area contributed by atoms with Gasteiger partial charge in [0.25, 0.3) is 0 Å². The van der Waals surface area contributed by atoms with Crippen LogP contribution in [0.4, 0.5) is 5.69 Å². The van der Waals surface area contributed by atoms with Crippen molar-refractivity contribution in [1.29, 1.82) is 5.26 Å². The average molecular weight is 441 g/mol. The summed E-state index contributed by atoms with van der Waals surface area (Å²) in [6.07, 6.45) is 2.80. The Morgan fingerprint density at radius 1 is 1.03 bits per heavy atom.